The Bertz CT molecular complexity index is 933. The summed E-state index contributed by atoms with van der Waals surface area (Å²) in [6.45, 7) is 7.20. The average molecular weight is 398 g/mol. The second kappa shape index (κ2) is 8.93. The van der Waals surface area contributed by atoms with Gasteiger partial charge in [0, 0.05) is 28.9 Å². The topological polar surface area (TPSA) is 56.2 Å². The van der Waals surface area contributed by atoms with Crippen molar-refractivity contribution >= 4 is 17.5 Å². The first kappa shape index (κ1) is 20.0. The second-order valence-electron chi connectivity index (χ2n) is 6.66. The standard InChI is InChI=1S/C22H24ClN3O2/c1-4-26-13-21(16(3)25-26)15(2)24-22(27)18-7-5-17(6-8-18)14-28-20-11-9-19(23)10-12-20/h5-13,15H,4,14H2,1-3H3,(H,24,27). The number of hydrogen-bond acceptors (Lipinski definition) is 3. The molecule has 6 heteroatoms. The number of benzene rings is 2. The first-order chi connectivity index (χ1) is 13.5. The molecule has 0 aliphatic carbocycles. The number of nitrogens with zero attached hydrogens (tertiary/aromatic N) is 2. The summed E-state index contributed by atoms with van der Waals surface area (Å²) in [5, 5.41) is 8.15. The van der Waals surface area contributed by atoms with Crippen LogP contribution in [0.25, 0.3) is 0 Å². The third-order valence-electron chi connectivity index (χ3n) is 4.56. The largest absolute Gasteiger partial charge is 0.489 e. The summed E-state index contributed by atoms with van der Waals surface area (Å²) in [6.07, 6.45) is 1.98. The van der Waals surface area contributed by atoms with Crippen LogP contribution in [0.4, 0.5) is 0 Å². The Balaban J connectivity index is 1.58. The van der Waals surface area contributed by atoms with E-state index in [0.717, 1.165) is 29.1 Å². The van der Waals surface area contributed by atoms with E-state index in [2.05, 4.69) is 10.4 Å². The molecule has 2 aromatic carbocycles. The lowest BCUT2D eigenvalue weighted by Gasteiger charge is -2.13. The number of amides is 1. The van der Waals surface area contributed by atoms with Crippen LogP contribution < -0.4 is 10.1 Å². The molecule has 1 unspecified atom stereocenters. The molecule has 0 saturated carbocycles. The molecule has 1 N–H and O–H groups in total. The maximum Gasteiger partial charge on any atom is 0.251 e. The van der Waals surface area contributed by atoms with E-state index in [1.807, 2.05) is 68.0 Å². The van der Waals surface area contributed by atoms with Crippen molar-refractivity contribution < 1.29 is 9.53 Å². The van der Waals surface area contributed by atoms with Crippen LogP contribution in [-0.2, 0) is 13.2 Å². The van der Waals surface area contributed by atoms with E-state index < -0.39 is 0 Å². The van der Waals surface area contributed by atoms with Crippen LogP contribution in [0.2, 0.25) is 5.02 Å². The lowest BCUT2D eigenvalue weighted by molar-refractivity contribution is 0.0939. The molecule has 0 bridgehead atoms. The second-order valence-corrected chi connectivity index (χ2v) is 7.10. The quantitative estimate of drug-likeness (QED) is 0.614. The number of aromatic nitrogens is 2. The van der Waals surface area contributed by atoms with Gasteiger partial charge in [0.15, 0.2) is 0 Å². The zero-order valence-electron chi connectivity index (χ0n) is 16.3. The molecule has 0 aliphatic rings. The van der Waals surface area contributed by atoms with E-state index in [0.29, 0.717) is 17.2 Å². The smallest absolute Gasteiger partial charge is 0.251 e. The minimum absolute atomic E-state index is 0.110. The highest BCUT2D eigenvalue weighted by Gasteiger charge is 2.15. The average Bonchev–Trinajstić information content (AvgIpc) is 3.09. The van der Waals surface area contributed by atoms with Crippen LogP contribution >= 0.6 is 11.6 Å². The molecule has 3 aromatic rings. The molecule has 1 amide bonds. The normalized spacial score (nSPS) is 11.9. The van der Waals surface area contributed by atoms with Crippen molar-refractivity contribution in [2.75, 3.05) is 0 Å². The van der Waals surface area contributed by atoms with Crippen LogP contribution in [-0.4, -0.2) is 15.7 Å². The molecule has 5 nitrogen and oxygen atoms in total. The van der Waals surface area contributed by atoms with Crippen LogP contribution in [0.15, 0.2) is 54.7 Å². The van der Waals surface area contributed by atoms with Crippen molar-refractivity contribution in [1.82, 2.24) is 15.1 Å². The summed E-state index contributed by atoms with van der Waals surface area (Å²) in [5.74, 6) is 0.643. The molecule has 0 radical (unpaired) electrons. The van der Waals surface area contributed by atoms with E-state index in [9.17, 15) is 4.79 Å². The van der Waals surface area contributed by atoms with Gasteiger partial charge in [0.2, 0.25) is 0 Å². The van der Waals surface area contributed by atoms with Gasteiger partial charge in [0.05, 0.1) is 11.7 Å². The van der Waals surface area contributed by atoms with Gasteiger partial charge in [-0.1, -0.05) is 23.7 Å². The van der Waals surface area contributed by atoms with E-state index >= 15 is 0 Å². The minimum Gasteiger partial charge on any atom is -0.489 e. The molecule has 1 aromatic heterocycles. The fourth-order valence-corrected chi connectivity index (χ4v) is 3.05. The molecule has 146 valence electrons. The maximum atomic E-state index is 12.6. The van der Waals surface area contributed by atoms with E-state index in [4.69, 9.17) is 16.3 Å². The molecule has 0 fully saturated rings. The fraction of sp³-hybridized carbons (Fsp3) is 0.273. The fourth-order valence-electron chi connectivity index (χ4n) is 2.93. The van der Waals surface area contributed by atoms with Gasteiger partial charge in [-0.3, -0.25) is 9.48 Å². The number of halogens is 1. The van der Waals surface area contributed by atoms with Crippen molar-refractivity contribution in [3.05, 3.63) is 82.1 Å². The Labute approximate surface area is 170 Å². The van der Waals surface area contributed by atoms with Gasteiger partial charge >= 0.3 is 0 Å². The van der Waals surface area contributed by atoms with Crippen molar-refractivity contribution in [3.8, 4) is 5.75 Å². The van der Waals surface area contributed by atoms with Crippen LogP contribution in [0.3, 0.4) is 0 Å². The van der Waals surface area contributed by atoms with Crippen molar-refractivity contribution in [3.63, 3.8) is 0 Å². The van der Waals surface area contributed by atoms with Crippen molar-refractivity contribution in [2.45, 2.75) is 40.0 Å². The third-order valence-corrected chi connectivity index (χ3v) is 4.81. The molecule has 0 aliphatic heterocycles. The summed E-state index contributed by atoms with van der Waals surface area (Å²) in [5.41, 5.74) is 3.56. The molecule has 3 rings (SSSR count). The minimum atomic E-state index is -0.110. The lowest BCUT2D eigenvalue weighted by atomic mass is 10.1. The Kier molecular flexibility index (Phi) is 6.37. The maximum absolute atomic E-state index is 12.6. The van der Waals surface area contributed by atoms with E-state index in [-0.39, 0.29) is 11.9 Å². The first-order valence-electron chi connectivity index (χ1n) is 9.28. The van der Waals surface area contributed by atoms with Crippen LogP contribution in [0.1, 0.15) is 47.1 Å². The number of ether oxygens (including phenoxy) is 1. The Morgan fingerprint density at radius 3 is 2.46 bits per heavy atom. The van der Waals surface area contributed by atoms with Crippen LogP contribution in [0, 0.1) is 6.92 Å². The van der Waals surface area contributed by atoms with Crippen molar-refractivity contribution in [1.29, 1.82) is 0 Å². The molecular weight excluding hydrogens is 374 g/mol. The summed E-state index contributed by atoms with van der Waals surface area (Å²) in [4.78, 5) is 12.6. The summed E-state index contributed by atoms with van der Waals surface area (Å²) in [6, 6.07) is 14.5. The molecule has 0 saturated heterocycles. The SMILES string of the molecule is CCn1cc(C(C)NC(=O)c2ccc(COc3ccc(Cl)cc3)cc2)c(C)n1. The Hall–Kier alpha value is -2.79. The zero-order chi connectivity index (χ0) is 20.1. The number of carbonyl (C=O) groups excluding carboxylic acids is 1. The van der Waals surface area contributed by atoms with Gasteiger partial charge in [-0.05, 0) is 62.7 Å². The molecule has 28 heavy (non-hydrogen) atoms. The van der Waals surface area contributed by atoms with Gasteiger partial charge in [-0.2, -0.15) is 5.10 Å². The lowest BCUT2D eigenvalue weighted by Crippen LogP contribution is -2.26. The van der Waals surface area contributed by atoms with Gasteiger partial charge in [0.25, 0.3) is 5.91 Å². The van der Waals surface area contributed by atoms with E-state index in [1.54, 1.807) is 12.1 Å². The monoisotopic (exact) mass is 397 g/mol. The number of nitrogens with one attached hydrogen (secondary N) is 1. The molecule has 0 spiro atoms. The highest BCUT2D eigenvalue weighted by molar-refractivity contribution is 6.30. The third kappa shape index (κ3) is 4.93. The van der Waals surface area contributed by atoms with Crippen molar-refractivity contribution in [2.24, 2.45) is 0 Å². The summed E-state index contributed by atoms with van der Waals surface area (Å²) >= 11 is 5.87. The number of aryl methyl sites for hydroxylation is 2. The van der Waals surface area contributed by atoms with Gasteiger partial charge < -0.3 is 10.1 Å². The van der Waals surface area contributed by atoms with Gasteiger partial charge in [-0.15, -0.1) is 0 Å². The van der Waals surface area contributed by atoms with Gasteiger partial charge in [-0.25, -0.2) is 0 Å². The number of hydrogen-bond donors (Lipinski definition) is 1. The zero-order valence-corrected chi connectivity index (χ0v) is 17.0. The summed E-state index contributed by atoms with van der Waals surface area (Å²) < 4.78 is 7.61. The Morgan fingerprint density at radius 1 is 1.18 bits per heavy atom. The molecular formula is C22H24ClN3O2. The van der Waals surface area contributed by atoms with Crippen LogP contribution in [0.5, 0.6) is 5.75 Å². The number of rotatable bonds is 7. The number of carbonyl (C=O) groups is 1. The summed E-state index contributed by atoms with van der Waals surface area (Å²) in [7, 11) is 0. The Morgan fingerprint density at radius 2 is 1.86 bits per heavy atom. The van der Waals surface area contributed by atoms with Gasteiger partial charge in [0.1, 0.15) is 12.4 Å². The van der Waals surface area contributed by atoms with E-state index in [1.165, 1.54) is 0 Å². The predicted octanol–water partition coefficient (Wildman–Crippen LogP) is 4.93. The highest BCUT2D eigenvalue weighted by atomic mass is 35.5. The molecule has 1 heterocycles. The molecule has 1 atom stereocenters. The predicted molar refractivity (Wildman–Crippen MR) is 111 cm³/mol. The first-order valence-corrected chi connectivity index (χ1v) is 9.66. The highest BCUT2D eigenvalue weighted by Crippen LogP contribution is 2.18.